The van der Waals surface area contributed by atoms with Crippen LogP contribution in [0, 0.1) is 0 Å². The molecule has 0 aliphatic carbocycles. The normalized spacial score (nSPS) is 12.7. The highest BCUT2D eigenvalue weighted by molar-refractivity contribution is 7.92. The molecule has 0 aliphatic heterocycles. The van der Waals surface area contributed by atoms with Crippen molar-refractivity contribution in [2.24, 2.45) is 0 Å². The van der Waals surface area contributed by atoms with Crippen molar-refractivity contribution in [1.29, 1.82) is 0 Å². The van der Waals surface area contributed by atoms with Gasteiger partial charge in [-0.05, 0) is 50.2 Å². The van der Waals surface area contributed by atoms with E-state index in [-0.39, 0.29) is 16.1 Å². The standard InChI is InChI=1S/C19H20F3N3O4S/c1-3-23-17(26)12(2)24-18(27)13-6-4-9-16(10-13)30(28,29)25-15-8-5-7-14(11-15)19(20,21)22/h4-12,25H,3H2,1-2H3,(H,23,26)(H,24,27)/t12-/m0/s1. The van der Waals surface area contributed by atoms with Crippen LogP contribution in [0.1, 0.15) is 29.8 Å². The van der Waals surface area contributed by atoms with Crippen LogP contribution in [0.3, 0.4) is 0 Å². The largest absolute Gasteiger partial charge is 0.416 e. The number of benzene rings is 2. The lowest BCUT2D eigenvalue weighted by Gasteiger charge is -2.14. The van der Waals surface area contributed by atoms with Crippen molar-refractivity contribution in [3.8, 4) is 0 Å². The van der Waals surface area contributed by atoms with Crippen molar-refractivity contribution in [2.45, 2.75) is 31.0 Å². The van der Waals surface area contributed by atoms with Gasteiger partial charge in [0.1, 0.15) is 6.04 Å². The van der Waals surface area contributed by atoms with E-state index in [1.165, 1.54) is 31.2 Å². The van der Waals surface area contributed by atoms with E-state index in [2.05, 4.69) is 15.4 Å². The van der Waals surface area contributed by atoms with E-state index < -0.39 is 39.6 Å². The first-order valence-electron chi connectivity index (χ1n) is 8.82. The molecule has 0 bridgehead atoms. The summed E-state index contributed by atoms with van der Waals surface area (Å²) in [6.07, 6.45) is -4.62. The van der Waals surface area contributed by atoms with Crippen LogP contribution in [0.25, 0.3) is 0 Å². The Morgan fingerprint density at radius 2 is 1.73 bits per heavy atom. The van der Waals surface area contributed by atoms with E-state index in [0.717, 1.165) is 18.2 Å². The molecule has 0 saturated carbocycles. The lowest BCUT2D eigenvalue weighted by atomic mass is 10.2. The maximum absolute atomic E-state index is 12.8. The summed E-state index contributed by atoms with van der Waals surface area (Å²) in [5.41, 5.74) is -1.31. The summed E-state index contributed by atoms with van der Waals surface area (Å²) in [5, 5.41) is 4.98. The summed E-state index contributed by atoms with van der Waals surface area (Å²) in [7, 11) is -4.26. The van der Waals surface area contributed by atoms with Crippen LogP contribution in [0.2, 0.25) is 0 Å². The molecule has 3 N–H and O–H groups in total. The molecular weight excluding hydrogens is 423 g/mol. The molecule has 0 saturated heterocycles. The highest BCUT2D eigenvalue weighted by atomic mass is 32.2. The number of carbonyl (C=O) groups excluding carboxylic acids is 2. The van der Waals surface area contributed by atoms with Gasteiger partial charge in [-0.1, -0.05) is 12.1 Å². The second-order valence-electron chi connectivity index (χ2n) is 6.30. The molecule has 0 unspecified atom stereocenters. The van der Waals surface area contributed by atoms with Gasteiger partial charge in [-0.3, -0.25) is 14.3 Å². The van der Waals surface area contributed by atoms with Crippen molar-refractivity contribution in [2.75, 3.05) is 11.3 Å². The van der Waals surface area contributed by atoms with E-state index in [9.17, 15) is 31.2 Å². The SMILES string of the molecule is CCNC(=O)[C@H](C)NC(=O)c1cccc(S(=O)(=O)Nc2cccc(C(F)(F)F)c2)c1. The molecule has 2 aromatic rings. The van der Waals surface area contributed by atoms with E-state index in [4.69, 9.17) is 0 Å². The minimum Gasteiger partial charge on any atom is -0.355 e. The molecule has 0 aliphatic rings. The number of hydrogen-bond donors (Lipinski definition) is 3. The molecule has 0 spiro atoms. The third-order valence-electron chi connectivity index (χ3n) is 3.94. The van der Waals surface area contributed by atoms with E-state index in [1.807, 2.05) is 0 Å². The van der Waals surface area contributed by atoms with Gasteiger partial charge in [-0.25, -0.2) is 8.42 Å². The molecule has 2 aromatic carbocycles. The highest BCUT2D eigenvalue weighted by Crippen LogP contribution is 2.31. The topological polar surface area (TPSA) is 104 Å². The van der Waals surface area contributed by atoms with Crippen LogP contribution in [-0.4, -0.2) is 32.8 Å². The van der Waals surface area contributed by atoms with E-state index in [1.54, 1.807) is 6.92 Å². The fraction of sp³-hybridized carbons (Fsp3) is 0.263. The zero-order chi connectivity index (χ0) is 22.5. The van der Waals surface area contributed by atoms with Crippen LogP contribution >= 0.6 is 0 Å². The molecule has 0 heterocycles. The Morgan fingerprint density at radius 1 is 1.07 bits per heavy atom. The van der Waals surface area contributed by atoms with E-state index >= 15 is 0 Å². The summed E-state index contributed by atoms with van der Waals surface area (Å²) < 4.78 is 65.7. The third kappa shape index (κ3) is 5.96. The van der Waals surface area contributed by atoms with Crippen LogP contribution in [0.15, 0.2) is 53.4 Å². The minimum atomic E-state index is -4.62. The number of anilines is 1. The summed E-state index contributed by atoms with van der Waals surface area (Å²) in [5.74, 6) is -1.08. The average Bonchev–Trinajstić information content (AvgIpc) is 2.67. The van der Waals surface area contributed by atoms with Crippen LogP contribution in [-0.2, 0) is 21.0 Å². The first kappa shape index (κ1) is 23.2. The minimum absolute atomic E-state index is 0.0296. The number of likely N-dealkylation sites (N-methyl/N-ethyl adjacent to an activating group) is 1. The molecule has 2 rings (SSSR count). The number of alkyl halides is 3. The van der Waals surface area contributed by atoms with Gasteiger partial charge in [0.25, 0.3) is 15.9 Å². The second kappa shape index (κ2) is 9.16. The van der Waals surface area contributed by atoms with Crippen LogP contribution < -0.4 is 15.4 Å². The number of nitrogens with one attached hydrogen (secondary N) is 3. The Kier molecular flexibility index (Phi) is 7.08. The molecule has 30 heavy (non-hydrogen) atoms. The Labute approximate surface area is 171 Å². The number of rotatable bonds is 7. The average molecular weight is 443 g/mol. The molecule has 0 radical (unpaired) electrons. The number of amides is 2. The summed E-state index contributed by atoms with van der Waals surface area (Å²) >= 11 is 0. The number of sulfonamides is 1. The quantitative estimate of drug-likeness (QED) is 0.612. The first-order valence-corrected chi connectivity index (χ1v) is 10.3. The summed E-state index contributed by atoms with van der Waals surface area (Å²) in [6, 6.07) is 7.82. The lowest BCUT2D eigenvalue weighted by molar-refractivity contribution is -0.137. The smallest absolute Gasteiger partial charge is 0.355 e. The Bertz CT molecular complexity index is 1040. The Balaban J connectivity index is 2.22. The van der Waals surface area contributed by atoms with Gasteiger partial charge in [0, 0.05) is 17.8 Å². The molecule has 162 valence electrons. The molecule has 1 atom stereocenters. The predicted octanol–water partition coefficient (Wildman–Crippen LogP) is 2.76. The maximum atomic E-state index is 12.8. The summed E-state index contributed by atoms with van der Waals surface area (Å²) in [6.45, 7) is 3.57. The second-order valence-corrected chi connectivity index (χ2v) is 7.98. The van der Waals surface area contributed by atoms with Crippen LogP contribution in [0.4, 0.5) is 18.9 Å². The molecular formula is C19H20F3N3O4S. The van der Waals surface area contributed by atoms with Crippen LogP contribution in [0.5, 0.6) is 0 Å². The molecule has 2 amide bonds. The van der Waals surface area contributed by atoms with Gasteiger partial charge in [-0.15, -0.1) is 0 Å². The highest BCUT2D eigenvalue weighted by Gasteiger charge is 2.30. The predicted molar refractivity (Wildman–Crippen MR) is 104 cm³/mol. The van der Waals surface area contributed by atoms with Crippen molar-refractivity contribution < 1.29 is 31.2 Å². The van der Waals surface area contributed by atoms with Gasteiger partial charge in [-0.2, -0.15) is 13.2 Å². The molecule has 11 heteroatoms. The van der Waals surface area contributed by atoms with Crippen molar-refractivity contribution >= 4 is 27.5 Å². The molecule has 0 aromatic heterocycles. The molecule has 7 nitrogen and oxygen atoms in total. The van der Waals surface area contributed by atoms with Gasteiger partial charge >= 0.3 is 6.18 Å². The van der Waals surface area contributed by atoms with Gasteiger partial charge < -0.3 is 10.6 Å². The van der Waals surface area contributed by atoms with Crippen molar-refractivity contribution in [3.63, 3.8) is 0 Å². The number of halogens is 3. The Hall–Kier alpha value is -3.08. The first-order chi connectivity index (χ1) is 13.9. The number of hydrogen-bond acceptors (Lipinski definition) is 4. The third-order valence-corrected chi connectivity index (χ3v) is 5.32. The zero-order valence-electron chi connectivity index (χ0n) is 16.1. The lowest BCUT2D eigenvalue weighted by Crippen LogP contribution is -2.44. The van der Waals surface area contributed by atoms with Crippen molar-refractivity contribution in [1.82, 2.24) is 10.6 Å². The van der Waals surface area contributed by atoms with Gasteiger partial charge in [0.05, 0.1) is 10.5 Å². The summed E-state index contributed by atoms with van der Waals surface area (Å²) in [4.78, 5) is 23.7. The maximum Gasteiger partial charge on any atom is 0.416 e. The van der Waals surface area contributed by atoms with Gasteiger partial charge in [0.2, 0.25) is 5.91 Å². The monoisotopic (exact) mass is 443 g/mol. The fourth-order valence-electron chi connectivity index (χ4n) is 2.45. The molecule has 0 fully saturated rings. The fourth-order valence-corrected chi connectivity index (χ4v) is 3.55. The zero-order valence-corrected chi connectivity index (χ0v) is 16.9. The Morgan fingerprint density at radius 3 is 2.37 bits per heavy atom. The van der Waals surface area contributed by atoms with E-state index in [0.29, 0.717) is 12.6 Å². The number of carbonyl (C=O) groups is 2. The van der Waals surface area contributed by atoms with Crippen molar-refractivity contribution in [3.05, 3.63) is 59.7 Å². The van der Waals surface area contributed by atoms with Gasteiger partial charge in [0.15, 0.2) is 0 Å².